The molecule has 0 aromatic heterocycles. The van der Waals surface area contributed by atoms with Gasteiger partial charge in [0.2, 0.25) is 0 Å². The summed E-state index contributed by atoms with van der Waals surface area (Å²) in [4.78, 5) is 0. The van der Waals surface area contributed by atoms with Crippen molar-refractivity contribution < 1.29 is 9.47 Å². The van der Waals surface area contributed by atoms with Crippen LogP contribution >= 0.6 is 0 Å². The molecule has 3 nitrogen and oxygen atoms in total. The van der Waals surface area contributed by atoms with E-state index in [2.05, 4.69) is 18.9 Å². The van der Waals surface area contributed by atoms with Crippen LogP contribution in [0.25, 0.3) is 0 Å². The minimum absolute atomic E-state index is 0.726. The van der Waals surface area contributed by atoms with Gasteiger partial charge in [0.05, 0.1) is 6.61 Å². The Labute approximate surface area is 105 Å². The Kier molecular flexibility index (Phi) is 18.1. The smallest absolute Gasteiger partial charge is 0.119 e. The highest BCUT2D eigenvalue weighted by molar-refractivity contribution is 5.20. The van der Waals surface area contributed by atoms with Crippen LogP contribution in [0, 0.1) is 0 Å². The van der Waals surface area contributed by atoms with Gasteiger partial charge in [-0.2, -0.15) is 0 Å². The minimum Gasteiger partial charge on any atom is -0.494 e. The monoisotopic (exact) mass is 239 g/mol. The zero-order valence-electron chi connectivity index (χ0n) is 11.0. The average Bonchev–Trinajstić information content (AvgIpc) is 2.44. The van der Waals surface area contributed by atoms with Crippen molar-refractivity contribution in [3.8, 4) is 5.75 Å². The molecule has 0 fully saturated rings. The summed E-state index contributed by atoms with van der Waals surface area (Å²) in [5.41, 5.74) is 4.50. The van der Waals surface area contributed by atoms with Crippen molar-refractivity contribution >= 4 is 0 Å². The molecule has 0 aliphatic rings. The van der Waals surface area contributed by atoms with Crippen molar-refractivity contribution in [3.05, 3.63) is 43.5 Å². The normalized spacial score (nSPS) is 8.18. The Morgan fingerprint density at radius 2 is 1.65 bits per heavy atom. The molecule has 0 heterocycles. The molecular weight excluding hydrogens is 214 g/mol. The molecule has 0 bridgehead atoms. The molecule has 0 saturated heterocycles. The van der Waals surface area contributed by atoms with Gasteiger partial charge >= 0.3 is 0 Å². The zero-order valence-corrected chi connectivity index (χ0v) is 11.0. The zero-order chi connectivity index (χ0) is 13.4. The Morgan fingerprint density at radius 1 is 1.06 bits per heavy atom. The highest BCUT2D eigenvalue weighted by atomic mass is 16.5. The van der Waals surface area contributed by atoms with E-state index < -0.39 is 0 Å². The third-order valence-corrected chi connectivity index (χ3v) is 1.65. The summed E-state index contributed by atoms with van der Waals surface area (Å²) in [5.74, 6) is 0.930. The standard InChI is InChI=1S/C11H16O2.C2H4.CH5N/c1-2-12-9-6-10-13-11-7-4-3-5-8-11;2*1-2/h3-5,7-8H,2,6,9-10H2,1H3;1-2H2;2H2,1H3. The lowest BCUT2D eigenvalue weighted by Crippen LogP contribution is -2.02. The quantitative estimate of drug-likeness (QED) is 0.613. The summed E-state index contributed by atoms with van der Waals surface area (Å²) in [6, 6.07) is 9.84. The first-order valence-corrected chi connectivity index (χ1v) is 5.77. The van der Waals surface area contributed by atoms with Crippen LogP contribution < -0.4 is 10.5 Å². The van der Waals surface area contributed by atoms with Gasteiger partial charge < -0.3 is 15.2 Å². The molecule has 3 heteroatoms. The van der Waals surface area contributed by atoms with E-state index in [4.69, 9.17) is 9.47 Å². The Balaban J connectivity index is 0. The summed E-state index contributed by atoms with van der Waals surface area (Å²) in [7, 11) is 1.50. The van der Waals surface area contributed by atoms with Crippen LogP contribution in [0.1, 0.15) is 13.3 Å². The fourth-order valence-corrected chi connectivity index (χ4v) is 1.01. The first-order chi connectivity index (χ1) is 8.43. The van der Waals surface area contributed by atoms with Crippen molar-refractivity contribution in [1.82, 2.24) is 0 Å². The SMILES string of the molecule is C=C.CCOCCCOc1ccccc1.CN. The van der Waals surface area contributed by atoms with Gasteiger partial charge in [-0.15, -0.1) is 13.2 Å². The maximum absolute atomic E-state index is 5.47. The van der Waals surface area contributed by atoms with Gasteiger partial charge in [-0.1, -0.05) is 18.2 Å². The van der Waals surface area contributed by atoms with E-state index in [-0.39, 0.29) is 0 Å². The topological polar surface area (TPSA) is 44.5 Å². The lowest BCUT2D eigenvalue weighted by molar-refractivity contribution is 0.131. The molecule has 0 aliphatic carbocycles. The summed E-state index contributed by atoms with van der Waals surface area (Å²) in [5, 5.41) is 0. The largest absolute Gasteiger partial charge is 0.494 e. The van der Waals surface area contributed by atoms with E-state index in [0.717, 1.165) is 32.0 Å². The second-order valence-electron chi connectivity index (χ2n) is 2.71. The molecule has 0 radical (unpaired) electrons. The average molecular weight is 239 g/mol. The third kappa shape index (κ3) is 12.6. The van der Waals surface area contributed by atoms with Crippen LogP contribution in [0.15, 0.2) is 43.5 Å². The molecule has 0 atom stereocenters. The lowest BCUT2D eigenvalue weighted by Gasteiger charge is -2.05. The maximum Gasteiger partial charge on any atom is 0.119 e. The second-order valence-corrected chi connectivity index (χ2v) is 2.71. The molecule has 2 N–H and O–H groups in total. The van der Waals surface area contributed by atoms with Gasteiger partial charge in [-0.3, -0.25) is 0 Å². The molecule has 1 aromatic rings. The Morgan fingerprint density at radius 3 is 2.18 bits per heavy atom. The van der Waals surface area contributed by atoms with E-state index in [1.807, 2.05) is 37.3 Å². The van der Waals surface area contributed by atoms with Crippen LogP contribution in [-0.2, 0) is 4.74 Å². The molecule has 17 heavy (non-hydrogen) atoms. The van der Waals surface area contributed by atoms with Crippen molar-refractivity contribution in [2.75, 3.05) is 26.9 Å². The number of rotatable bonds is 6. The van der Waals surface area contributed by atoms with E-state index in [0.29, 0.717) is 0 Å². The van der Waals surface area contributed by atoms with Gasteiger partial charge in [0.15, 0.2) is 0 Å². The Hall–Kier alpha value is -1.32. The Bertz CT molecular complexity index is 227. The van der Waals surface area contributed by atoms with Crippen molar-refractivity contribution in [2.45, 2.75) is 13.3 Å². The number of ether oxygens (including phenoxy) is 2. The van der Waals surface area contributed by atoms with Gasteiger partial charge in [0, 0.05) is 19.6 Å². The van der Waals surface area contributed by atoms with Crippen molar-refractivity contribution in [3.63, 3.8) is 0 Å². The summed E-state index contributed by atoms with van der Waals surface area (Å²) in [6.07, 6.45) is 0.947. The molecule has 98 valence electrons. The van der Waals surface area contributed by atoms with Crippen LogP contribution in [0.5, 0.6) is 5.75 Å². The molecule has 0 unspecified atom stereocenters. The fourth-order valence-electron chi connectivity index (χ4n) is 1.01. The second kappa shape index (κ2) is 17.1. The molecular formula is C14H25NO2. The minimum atomic E-state index is 0.726. The van der Waals surface area contributed by atoms with Crippen LogP contribution in [0.3, 0.4) is 0 Å². The van der Waals surface area contributed by atoms with E-state index in [1.54, 1.807) is 0 Å². The first-order valence-electron chi connectivity index (χ1n) is 5.77. The molecule has 1 aromatic carbocycles. The third-order valence-electron chi connectivity index (χ3n) is 1.65. The molecule has 0 saturated carbocycles. The number of nitrogens with two attached hydrogens (primary N) is 1. The fraction of sp³-hybridized carbons (Fsp3) is 0.429. The summed E-state index contributed by atoms with van der Waals surface area (Å²) >= 11 is 0. The maximum atomic E-state index is 5.47. The summed E-state index contributed by atoms with van der Waals surface area (Å²) < 4.78 is 10.7. The molecule has 0 aliphatic heterocycles. The van der Waals surface area contributed by atoms with E-state index in [1.165, 1.54) is 7.05 Å². The predicted molar refractivity (Wildman–Crippen MR) is 74.4 cm³/mol. The molecule has 0 spiro atoms. The van der Waals surface area contributed by atoms with Crippen LogP contribution in [-0.4, -0.2) is 26.9 Å². The number of benzene rings is 1. The number of para-hydroxylation sites is 1. The van der Waals surface area contributed by atoms with Crippen molar-refractivity contribution in [1.29, 1.82) is 0 Å². The lowest BCUT2D eigenvalue weighted by atomic mass is 10.3. The predicted octanol–water partition coefficient (Wildman–Crippen LogP) is 2.87. The van der Waals surface area contributed by atoms with Gasteiger partial charge in [0.1, 0.15) is 5.75 Å². The van der Waals surface area contributed by atoms with Crippen LogP contribution in [0.4, 0.5) is 0 Å². The van der Waals surface area contributed by atoms with E-state index >= 15 is 0 Å². The number of hydrogen-bond acceptors (Lipinski definition) is 3. The highest BCUT2D eigenvalue weighted by Crippen LogP contribution is 2.08. The van der Waals surface area contributed by atoms with Crippen molar-refractivity contribution in [2.24, 2.45) is 5.73 Å². The molecule has 1 rings (SSSR count). The van der Waals surface area contributed by atoms with Crippen LogP contribution in [0.2, 0.25) is 0 Å². The van der Waals surface area contributed by atoms with Gasteiger partial charge in [-0.05, 0) is 26.1 Å². The number of hydrogen-bond donors (Lipinski definition) is 1. The first kappa shape index (κ1) is 18.1. The van der Waals surface area contributed by atoms with Gasteiger partial charge in [-0.25, -0.2) is 0 Å². The van der Waals surface area contributed by atoms with E-state index in [9.17, 15) is 0 Å². The summed E-state index contributed by atoms with van der Waals surface area (Å²) in [6.45, 7) is 10.3. The molecule has 0 amide bonds. The van der Waals surface area contributed by atoms with Gasteiger partial charge in [0.25, 0.3) is 0 Å². The highest BCUT2D eigenvalue weighted by Gasteiger charge is 1.90.